The average Bonchev–Trinajstić information content (AvgIpc) is 2.38. The van der Waals surface area contributed by atoms with E-state index in [1.54, 1.807) is 12.5 Å². The summed E-state index contributed by atoms with van der Waals surface area (Å²) in [6, 6.07) is 0. The average molecular weight is 139 g/mol. The highest BCUT2D eigenvalue weighted by atomic mass is 16.3. The van der Waals surface area contributed by atoms with Gasteiger partial charge in [0.2, 0.25) is 0 Å². The Balaban J connectivity index is 2.85. The van der Waals surface area contributed by atoms with Gasteiger partial charge in [-0.2, -0.15) is 0 Å². The summed E-state index contributed by atoms with van der Waals surface area (Å²) in [6.45, 7) is 6.38. The van der Waals surface area contributed by atoms with Gasteiger partial charge >= 0.3 is 0 Å². The number of hydrogen-bond acceptors (Lipinski definition) is 2. The van der Waals surface area contributed by atoms with Crippen LogP contribution in [0.4, 0.5) is 0 Å². The molecule has 10 heavy (non-hydrogen) atoms. The second-order valence-corrected chi connectivity index (χ2v) is 3.07. The van der Waals surface area contributed by atoms with Crippen LogP contribution in [0, 0.1) is 0 Å². The Morgan fingerprint density at radius 2 is 2.30 bits per heavy atom. The first-order valence-corrected chi connectivity index (χ1v) is 3.57. The maximum Gasteiger partial charge on any atom is 0.199 e. The molecule has 2 heteroatoms. The molecule has 0 aromatic carbocycles. The topological polar surface area (TPSA) is 26.0 Å². The molecule has 0 radical (unpaired) electrons. The van der Waals surface area contributed by atoms with Gasteiger partial charge in [0.05, 0.1) is 6.20 Å². The summed E-state index contributed by atoms with van der Waals surface area (Å²) in [5, 5.41) is 0. The first kappa shape index (κ1) is 7.32. The molecule has 0 fully saturated rings. The second kappa shape index (κ2) is 2.45. The van der Waals surface area contributed by atoms with Gasteiger partial charge in [0.25, 0.3) is 0 Å². The van der Waals surface area contributed by atoms with E-state index in [1.165, 1.54) is 0 Å². The summed E-state index contributed by atoms with van der Waals surface area (Å²) in [5.41, 5.74) is 0.0868. The van der Waals surface area contributed by atoms with Gasteiger partial charge in [0.15, 0.2) is 5.89 Å². The molecule has 0 aliphatic carbocycles. The van der Waals surface area contributed by atoms with Crippen molar-refractivity contribution in [2.45, 2.75) is 32.6 Å². The van der Waals surface area contributed by atoms with Crippen LogP contribution in [0.15, 0.2) is 16.9 Å². The fraction of sp³-hybridized carbons (Fsp3) is 0.625. The molecule has 56 valence electrons. The minimum atomic E-state index is 0.0868. The SMILES string of the molecule is CCC(C)(C)c1ncco1. The molecule has 0 spiro atoms. The van der Waals surface area contributed by atoms with E-state index in [9.17, 15) is 0 Å². The molecule has 1 rings (SSSR count). The van der Waals surface area contributed by atoms with E-state index >= 15 is 0 Å². The van der Waals surface area contributed by atoms with Gasteiger partial charge in [-0.25, -0.2) is 4.98 Å². The molecule has 0 saturated carbocycles. The third kappa shape index (κ3) is 1.20. The van der Waals surface area contributed by atoms with Crippen molar-refractivity contribution in [3.8, 4) is 0 Å². The monoisotopic (exact) mass is 139 g/mol. The highest BCUT2D eigenvalue weighted by molar-refractivity contribution is 4.98. The molecular formula is C8H13NO. The van der Waals surface area contributed by atoms with Crippen molar-refractivity contribution in [2.75, 3.05) is 0 Å². The van der Waals surface area contributed by atoms with Crippen molar-refractivity contribution in [3.05, 3.63) is 18.4 Å². The minimum absolute atomic E-state index is 0.0868. The van der Waals surface area contributed by atoms with Crippen LogP contribution in [0.25, 0.3) is 0 Å². The van der Waals surface area contributed by atoms with Crippen molar-refractivity contribution in [3.63, 3.8) is 0 Å². The zero-order valence-electron chi connectivity index (χ0n) is 6.72. The third-order valence-corrected chi connectivity index (χ3v) is 1.90. The summed E-state index contributed by atoms with van der Waals surface area (Å²) in [7, 11) is 0. The van der Waals surface area contributed by atoms with Gasteiger partial charge in [0.1, 0.15) is 6.26 Å². The largest absolute Gasteiger partial charge is 0.448 e. The summed E-state index contributed by atoms with van der Waals surface area (Å²) >= 11 is 0. The molecule has 1 aromatic heterocycles. The zero-order chi connectivity index (χ0) is 7.61. The first-order valence-electron chi connectivity index (χ1n) is 3.57. The standard InChI is InChI=1S/C8H13NO/c1-4-8(2,3)7-9-5-6-10-7/h5-6H,4H2,1-3H3. The fourth-order valence-electron chi connectivity index (χ4n) is 0.709. The van der Waals surface area contributed by atoms with Crippen LogP contribution in [0.1, 0.15) is 33.1 Å². The van der Waals surface area contributed by atoms with Crippen LogP contribution in [0.2, 0.25) is 0 Å². The lowest BCUT2D eigenvalue weighted by Crippen LogP contribution is -2.15. The maximum atomic E-state index is 5.18. The van der Waals surface area contributed by atoms with Gasteiger partial charge in [-0.15, -0.1) is 0 Å². The number of hydrogen-bond donors (Lipinski definition) is 0. The second-order valence-electron chi connectivity index (χ2n) is 3.07. The van der Waals surface area contributed by atoms with Crippen LogP contribution in [0.5, 0.6) is 0 Å². The molecule has 0 atom stereocenters. The fourth-order valence-corrected chi connectivity index (χ4v) is 0.709. The Morgan fingerprint density at radius 3 is 2.70 bits per heavy atom. The first-order chi connectivity index (χ1) is 4.67. The Labute approximate surface area is 61.3 Å². The van der Waals surface area contributed by atoms with Crippen molar-refractivity contribution in [1.82, 2.24) is 4.98 Å². The predicted octanol–water partition coefficient (Wildman–Crippen LogP) is 2.36. The Bertz CT molecular complexity index is 189. The van der Waals surface area contributed by atoms with E-state index in [0.717, 1.165) is 12.3 Å². The highest BCUT2D eigenvalue weighted by Crippen LogP contribution is 2.24. The molecule has 0 N–H and O–H groups in total. The Hall–Kier alpha value is -0.790. The number of rotatable bonds is 2. The maximum absolute atomic E-state index is 5.18. The van der Waals surface area contributed by atoms with E-state index in [4.69, 9.17) is 4.42 Å². The molecule has 0 unspecified atom stereocenters. The van der Waals surface area contributed by atoms with E-state index in [0.29, 0.717) is 0 Å². The lowest BCUT2D eigenvalue weighted by Gasteiger charge is -2.16. The molecular weight excluding hydrogens is 126 g/mol. The molecule has 0 saturated heterocycles. The van der Waals surface area contributed by atoms with E-state index in [2.05, 4.69) is 25.8 Å². The van der Waals surface area contributed by atoms with Crippen molar-refractivity contribution in [1.29, 1.82) is 0 Å². The van der Waals surface area contributed by atoms with Gasteiger partial charge < -0.3 is 4.42 Å². The van der Waals surface area contributed by atoms with Crippen LogP contribution < -0.4 is 0 Å². The van der Waals surface area contributed by atoms with Crippen molar-refractivity contribution < 1.29 is 4.42 Å². The van der Waals surface area contributed by atoms with Crippen LogP contribution >= 0.6 is 0 Å². The van der Waals surface area contributed by atoms with Gasteiger partial charge in [-0.1, -0.05) is 20.8 Å². The number of aromatic nitrogens is 1. The Kier molecular flexibility index (Phi) is 1.79. The highest BCUT2D eigenvalue weighted by Gasteiger charge is 2.22. The minimum Gasteiger partial charge on any atom is -0.448 e. The van der Waals surface area contributed by atoms with Crippen LogP contribution in [-0.4, -0.2) is 4.98 Å². The molecule has 0 amide bonds. The predicted molar refractivity (Wildman–Crippen MR) is 39.8 cm³/mol. The van der Waals surface area contributed by atoms with Crippen LogP contribution in [0.3, 0.4) is 0 Å². The molecule has 0 aliphatic rings. The van der Waals surface area contributed by atoms with E-state index in [1.807, 2.05) is 0 Å². The van der Waals surface area contributed by atoms with E-state index < -0.39 is 0 Å². The molecule has 0 aliphatic heterocycles. The normalized spacial score (nSPS) is 11.9. The summed E-state index contributed by atoms with van der Waals surface area (Å²) in [6.07, 6.45) is 4.35. The van der Waals surface area contributed by atoms with E-state index in [-0.39, 0.29) is 5.41 Å². The quantitative estimate of drug-likeness (QED) is 0.628. The summed E-state index contributed by atoms with van der Waals surface area (Å²) in [4.78, 5) is 4.09. The molecule has 1 heterocycles. The number of nitrogens with zero attached hydrogens (tertiary/aromatic N) is 1. The van der Waals surface area contributed by atoms with Crippen molar-refractivity contribution in [2.24, 2.45) is 0 Å². The molecule has 1 aromatic rings. The van der Waals surface area contributed by atoms with Crippen molar-refractivity contribution >= 4 is 0 Å². The summed E-state index contributed by atoms with van der Waals surface area (Å²) < 4.78 is 5.18. The lowest BCUT2D eigenvalue weighted by molar-refractivity contribution is 0.360. The third-order valence-electron chi connectivity index (χ3n) is 1.90. The molecule has 2 nitrogen and oxygen atoms in total. The molecule has 0 bridgehead atoms. The number of oxazole rings is 1. The lowest BCUT2D eigenvalue weighted by atomic mass is 9.90. The van der Waals surface area contributed by atoms with Crippen LogP contribution in [-0.2, 0) is 5.41 Å². The smallest absolute Gasteiger partial charge is 0.199 e. The van der Waals surface area contributed by atoms with Gasteiger partial charge in [-0.05, 0) is 6.42 Å². The van der Waals surface area contributed by atoms with Gasteiger partial charge in [-0.3, -0.25) is 0 Å². The van der Waals surface area contributed by atoms with Gasteiger partial charge in [0, 0.05) is 5.41 Å². The summed E-state index contributed by atoms with van der Waals surface area (Å²) in [5.74, 6) is 0.829. The zero-order valence-corrected chi connectivity index (χ0v) is 6.72. The Morgan fingerprint density at radius 1 is 1.60 bits per heavy atom.